The molecule has 5 nitrogen and oxygen atoms in total. The van der Waals surface area contributed by atoms with Gasteiger partial charge in [-0.1, -0.05) is 303 Å². The molecular formula is C125H67N5. The highest BCUT2D eigenvalue weighted by Crippen LogP contribution is 2.42. The zero-order chi connectivity index (χ0) is 88.1. The van der Waals surface area contributed by atoms with Crippen molar-refractivity contribution in [2.45, 2.75) is 13.8 Å². The van der Waals surface area contributed by atoms with Crippen LogP contribution in [0.2, 0.25) is 0 Å². The zero-order valence-corrected chi connectivity index (χ0v) is 70.5. The standard InChI is InChI=1S/C48H32N2.C45H29N3.C32H6/c1-3-12-33(13-4-1)35-22-26-39(27-23-35)49-45-20-9-7-18-41(45)43-31-37(24-28-47(43)49)38-25-29-48-44(32-38)42-19-8-10-21-46(42)50(48)40-17-11-16-36(30-40)34-14-5-2-6-15-34;1-3-13-30(14-4-1)43-46-44(31-15-5-2-6-16-31)48-45(47-43)36-20-12-19-34(28-36)32-17-11-18-33(27-32)35-25-26-41-39-23-8-7-21-37(39)38-22-9-10-24-40(38)42(41)29-35;1-3-5-7-9-11-13-15-17-19-21-23-25-27-29-31-32-30-28-26-24-22-20-18-16-14-12-10-8-6-4-2/h1-32H;1-29H;1-2H3. The van der Waals surface area contributed by atoms with Gasteiger partial charge in [-0.3, -0.25) is 0 Å². The van der Waals surface area contributed by atoms with E-state index in [-0.39, 0.29) is 0 Å². The fourth-order valence-electron chi connectivity index (χ4n) is 15.4. The molecule has 0 bridgehead atoms. The molecule has 0 unspecified atom stereocenters. The number of para-hydroxylation sites is 2. The van der Waals surface area contributed by atoms with E-state index in [9.17, 15) is 0 Å². The minimum absolute atomic E-state index is 0.648. The highest BCUT2D eigenvalue weighted by Gasteiger charge is 2.19. The smallest absolute Gasteiger partial charge is 0.164 e. The third-order valence-corrected chi connectivity index (χ3v) is 21.2. The SMILES string of the molecule is CC#CC#CC#CC#CC#CC#CC#CC#CC#CC#CC#CC#CC#CC#CC#CC.c1ccc(-c2ccc(-n3c4ccccc4c4cc(-c5ccc6c(c5)c5ccccc5n6-c5cccc(-c6ccccc6)c5)ccc43)cc2)cc1.c1ccc(-c2nc(-c3ccccc3)nc(-c3cccc(-c4cccc(-c5ccc6c7ccccc7c7ccccc7c6c5)c4)c3)n2)cc1. The van der Waals surface area contributed by atoms with Crippen molar-refractivity contribution in [3.05, 3.63) is 370 Å². The van der Waals surface area contributed by atoms with Crippen LogP contribution in [0.15, 0.2) is 370 Å². The van der Waals surface area contributed by atoms with Crippen LogP contribution >= 0.6 is 0 Å². The molecular weight excluding hydrogens is 1570 g/mol. The number of aromatic nitrogens is 5. The molecule has 0 spiro atoms. The van der Waals surface area contributed by atoms with Crippen molar-refractivity contribution in [3.63, 3.8) is 0 Å². The summed E-state index contributed by atoms with van der Waals surface area (Å²) in [6, 6.07) is 132. The summed E-state index contributed by atoms with van der Waals surface area (Å²) in [5.41, 5.74) is 21.9. The van der Waals surface area contributed by atoms with Crippen LogP contribution in [0.4, 0.5) is 0 Å². The molecule has 0 aliphatic rings. The van der Waals surface area contributed by atoms with Gasteiger partial charge >= 0.3 is 0 Å². The summed E-state index contributed by atoms with van der Waals surface area (Å²) < 4.78 is 4.80. The molecule has 0 saturated heterocycles. The highest BCUT2D eigenvalue weighted by molar-refractivity contribution is 6.26. The monoisotopic (exact) mass is 1640 g/mol. The summed E-state index contributed by atoms with van der Waals surface area (Å²) in [5.74, 6) is 77.6. The third-order valence-electron chi connectivity index (χ3n) is 21.2. The lowest BCUT2D eigenvalue weighted by atomic mass is 9.91. The second kappa shape index (κ2) is 41.3. The second-order valence-electron chi connectivity index (χ2n) is 29.0. The number of benzene rings is 16. The van der Waals surface area contributed by atoms with Gasteiger partial charge in [-0.25, -0.2) is 15.0 Å². The van der Waals surface area contributed by atoms with Crippen molar-refractivity contribution >= 4 is 75.9 Å². The van der Waals surface area contributed by atoms with E-state index in [1.54, 1.807) is 13.8 Å². The molecule has 5 heteroatoms. The van der Waals surface area contributed by atoms with E-state index in [1.165, 1.54) is 120 Å². The minimum Gasteiger partial charge on any atom is -0.309 e. The normalized spacial score (nSPS) is 9.62. The molecule has 3 aromatic heterocycles. The Balaban J connectivity index is 0.000000141. The van der Waals surface area contributed by atoms with E-state index in [2.05, 4.69) is 496 Å². The topological polar surface area (TPSA) is 48.5 Å². The van der Waals surface area contributed by atoms with Gasteiger partial charge in [-0.2, -0.15) is 0 Å². The minimum atomic E-state index is 0.648. The van der Waals surface area contributed by atoms with Gasteiger partial charge in [0.05, 0.1) is 22.1 Å². The summed E-state index contributed by atoms with van der Waals surface area (Å²) in [4.78, 5) is 14.8. The Labute approximate surface area is 757 Å². The first kappa shape index (κ1) is 82.6. The Morgan fingerprint density at radius 2 is 0.385 bits per heavy atom. The third kappa shape index (κ3) is 19.6. The second-order valence-corrected chi connectivity index (χ2v) is 29.0. The lowest BCUT2D eigenvalue weighted by molar-refractivity contribution is 1.07. The van der Waals surface area contributed by atoms with Crippen LogP contribution in [0.1, 0.15) is 13.8 Å². The molecule has 19 aromatic rings. The van der Waals surface area contributed by atoms with Crippen LogP contribution in [-0.4, -0.2) is 24.1 Å². The molecule has 0 aliphatic carbocycles. The summed E-state index contributed by atoms with van der Waals surface area (Å²) >= 11 is 0. The Morgan fingerprint density at radius 3 is 0.777 bits per heavy atom. The summed E-state index contributed by atoms with van der Waals surface area (Å²) in [5, 5.41) is 12.7. The molecule has 19 rings (SSSR count). The number of hydrogen-bond donors (Lipinski definition) is 0. The Bertz CT molecular complexity index is 8550. The van der Waals surface area contributed by atoms with Gasteiger partial charge in [-0.15, -0.1) is 0 Å². The Morgan fingerprint density at radius 1 is 0.146 bits per heavy atom. The van der Waals surface area contributed by atoms with Crippen LogP contribution < -0.4 is 0 Å². The van der Waals surface area contributed by atoms with Gasteiger partial charge in [0.15, 0.2) is 17.5 Å². The van der Waals surface area contributed by atoms with Gasteiger partial charge in [0.2, 0.25) is 0 Å². The maximum Gasteiger partial charge on any atom is 0.164 e. The van der Waals surface area contributed by atoms with Gasteiger partial charge in [0.25, 0.3) is 0 Å². The quantitative estimate of drug-likeness (QED) is 0.101. The highest BCUT2D eigenvalue weighted by atomic mass is 15.0. The van der Waals surface area contributed by atoms with E-state index in [0.29, 0.717) is 17.5 Å². The Hall–Kier alpha value is -19.7. The van der Waals surface area contributed by atoms with Crippen molar-refractivity contribution in [2.24, 2.45) is 0 Å². The average molecular weight is 1640 g/mol. The molecule has 0 aliphatic heterocycles. The molecule has 0 N–H and O–H groups in total. The van der Waals surface area contributed by atoms with Gasteiger partial charge < -0.3 is 9.13 Å². The maximum absolute atomic E-state index is 4.95. The Kier molecular flexibility index (Phi) is 26.2. The summed E-state index contributed by atoms with van der Waals surface area (Å²) in [6.45, 7) is 3.39. The van der Waals surface area contributed by atoms with E-state index in [4.69, 9.17) is 15.0 Å². The fraction of sp³-hybridized carbons (Fsp3) is 0.0160. The molecule has 0 fully saturated rings. The maximum atomic E-state index is 4.95. The summed E-state index contributed by atoms with van der Waals surface area (Å²) in [6.07, 6.45) is 0. The first-order chi connectivity index (χ1) is 64.5. The van der Waals surface area contributed by atoms with Crippen LogP contribution in [0.5, 0.6) is 0 Å². The van der Waals surface area contributed by atoms with Gasteiger partial charge in [0.1, 0.15) is 0 Å². The predicted octanol–water partition coefficient (Wildman–Crippen LogP) is 25.6. The fourth-order valence-corrected chi connectivity index (χ4v) is 15.4. The van der Waals surface area contributed by atoms with Crippen LogP contribution in [-0.2, 0) is 0 Å². The number of hydrogen-bond acceptors (Lipinski definition) is 3. The first-order valence-corrected chi connectivity index (χ1v) is 41.6. The molecule has 592 valence electrons. The predicted molar refractivity (Wildman–Crippen MR) is 539 cm³/mol. The zero-order valence-electron chi connectivity index (χ0n) is 70.5. The molecule has 130 heavy (non-hydrogen) atoms. The molecule has 0 radical (unpaired) electrons. The van der Waals surface area contributed by atoms with Crippen molar-refractivity contribution in [1.29, 1.82) is 0 Å². The van der Waals surface area contributed by atoms with Crippen LogP contribution in [0.25, 0.3) is 177 Å². The lowest BCUT2D eigenvalue weighted by Crippen LogP contribution is -2.00. The lowest BCUT2D eigenvalue weighted by Gasteiger charge is -2.13. The van der Waals surface area contributed by atoms with E-state index >= 15 is 0 Å². The number of rotatable bonds is 10. The van der Waals surface area contributed by atoms with Gasteiger partial charge in [0, 0.05) is 121 Å². The largest absolute Gasteiger partial charge is 0.309 e. The van der Waals surface area contributed by atoms with Crippen LogP contribution in [0, 0.1) is 178 Å². The van der Waals surface area contributed by atoms with Crippen molar-refractivity contribution < 1.29 is 0 Å². The van der Waals surface area contributed by atoms with Crippen molar-refractivity contribution in [1.82, 2.24) is 24.1 Å². The van der Waals surface area contributed by atoms with E-state index < -0.39 is 0 Å². The molecule has 3 heterocycles. The molecule has 0 saturated carbocycles. The molecule has 0 amide bonds. The molecule has 0 atom stereocenters. The van der Waals surface area contributed by atoms with E-state index in [0.717, 1.165) is 39.2 Å². The summed E-state index contributed by atoms with van der Waals surface area (Å²) in [7, 11) is 0. The number of nitrogens with zero attached hydrogens (tertiary/aromatic N) is 5. The number of fused-ring (bicyclic) bond motifs is 12. The van der Waals surface area contributed by atoms with E-state index in [1.807, 2.05) is 60.7 Å². The molecule has 16 aromatic carbocycles. The average Bonchev–Trinajstić information content (AvgIpc) is 1.23. The van der Waals surface area contributed by atoms with Crippen molar-refractivity contribution in [2.75, 3.05) is 0 Å². The first-order valence-electron chi connectivity index (χ1n) is 41.6. The van der Waals surface area contributed by atoms with Crippen molar-refractivity contribution in [3.8, 4) is 279 Å². The van der Waals surface area contributed by atoms with Gasteiger partial charge in [-0.05, 0) is 275 Å². The van der Waals surface area contributed by atoms with Crippen LogP contribution in [0.3, 0.4) is 0 Å².